The highest BCUT2D eigenvalue weighted by Crippen LogP contribution is 2.32. The molecule has 0 saturated carbocycles. The van der Waals surface area contributed by atoms with Crippen LogP contribution in [0.25, 0.3) is 0 Å². The van der Waals surface area contributed by atoms with Crippen molar-refractivity contribution in [1.82, 2.24) is 19.9 Å². The van der Waals surface area contributed by atoms with Gasteiger partial charge in [-0.3, -0.25) is 4.79 Å². The Labute approximate surface area is 207 Å². The van der Waals surface area contributed by atoms with Crippen LogP contribution in [-0.2, 0) is 11.3 Å². The van der Waals surface area contributed by atoms with E-state index in [2.05, 4.69) is 10.3 Å². The molecule has 0 spiro atoms. The molecule has 1 amide bonds. The minimum atomic E-state index is -0.674. The molecule has 1 unspecified atom stereocenters. The van der Waals surface area contributed by atoms with Crippen molar-refractivity contribution >= 4 is 35.1 Å². The molecule has 0 N–H and O–H groups in total. The van der Waals surface area contributed by atoms with Crippen LogP contribution in [0, 0.1) is 0 Å². The van der Waals surface area contributed by atoms with Crippen molar-refractivity contribution in [3.63, 3.8) is 0 Å². The number of amides is 1. The fourth-order valence-electron chi connectivity index (χ4n) is 4.01. The van der Waals surface area contributed by atoms with Crippen LogP contribution in [0.3, 0.4) is 0 Å². The predicted octanol–water partition coefficient (Wildman–Crippen LogP) is 4.45. The van der Waals surface area contributed by atoms with Crippen LogP contribution < -0.4 is 4.74 Å². The molecule has 0 bridgehead atoms. The monoisotopic (exact) mass is 502 g/mol. The highest BCUT2D eigenvalue weighted by Gasteiger charge is 2.34. The van der Waals surface area contributed by atoms with E-state index in [0.29, 0.717) is 23.1 Å². The summed E-state index contributed by atoms with van der Waals surface area (Å²) in [6, 6.07) is 12.9. The second-order valence-electron chi connectivity index (χ2n) is 7.92. The Bertz CT molecular complexity index is 1200. The smallest absolute Gasteiger partial charge is 0.361 e. The molecule has 1 atom stereocenters. The van der Waals surface area contributed by atoms with E-state index >= 15 is 0 Å². The number of aromatic nitrogens is 3. The number of carbonyl (C=O) groups excluding carboxylic acids is 2. The van der Waals surface area contributed by atoms with Gasteiger partial charge in [0.05, 0.1) is 30.3 Å². The molecular weight excluding hydrogens is 479 g/mol. The number of hydrogen-bond acceptors (Lipinski definition) is 6. The lowest BCUT2D eigenvalue weighted by Gasteiger charge is -2.18. The normalized spacial score (nSPS) is 15.4. The summed E-state index contributed by atoms with van der Waals surface area (Å²) in [7, 11) is 1.59. The molecule has 4 rings (SSSR count). The van der Waals surface area contributed by atoms with Crippen LogP contribution in [0.2, 0.25) is 10.0 Å². The van der Waals surface area contributed by atoms with E-state index in [0.717, 1.165) is 23.3 Å². The maximum Gasteiger partial charge on any atom is 0.361 e. The van der Waals surface area contributed by atoms with Gasteiger partial charge in [0.25, 0.3) is 5.91 Å². The molecule has 10 heteroatoms. The topological polar surface area (TPSA) is 86.5 Å². The number of esters is 1. The van der Waals surface area contributed by atoms with Gasteiger partial charge < -0.3 is 14.4 Å². The van der Waals surface area contributed by atoms with Crippen LogP contribution in [0.4, 0.5) is 0 Å². The van der Waals surface area contributed by atoms with Crippen LogP contribution >= 0.6 is 23.2 Å². The second-order valence-corrected chi connectivity index (χ2v) is 8.74. The first-order valence-corrected chi connectivity index (χ1v) is 11.6. The number of likely N-dealkylation sites (tertiary alicyclic amines) is 1. The van der Waals surface area contributed by atoms with E-state index in [1.54, 1.807) is 25.0 Å². The van der Waals surface area contributed by atoms with Crippen molar-refractivity contribution in [1.29, 1.82) is 0 Å². The second kappa shape index (κ2) is 10.4. The van der Waals surface area contributed by atoms with Crippen LogP contribution in [-0.4, -0.2) is 58.6 Å². The maximum atomic E-state index is 13.6. The molecule has 1 aliphatic rings. The molecule has 2 aromatic carbocycles. The molecule has 1 saturated heterocycles. The molecule has 178 valence electrons. The Morgan fingerprint density at radius 2 is 1.88 bits per heavy atom. The summed E-state index contributed by atoms with van der Waals surface area (Å²) in [5.41, 5.74) is 1.92. The van der Waals surface area contributed by atoms with E-state index in [-0.39, 0.29) is 36.4 Å². The number of ether oxygens (including phenoxy) is 2. The average Bonchev–Trinajstić information content (AvgIpc) is 3.49. The summed E-state index contributed by atoms with van der Waals surface area (Å²) >= 11 is 12.2. The van der Waals surface area contributed by atoms with E-state index in [9.17, 15) is 9.59 Å². The Kier molecular flexibility index (Phi) is 7.38. The first kappa shape index (κ1) is 24.0. The SMILES string of the molecule is CCOC(=O)c1nnn(Cc2ccc(OC)cc2)c1C(=O)N1CCC(c2ccc(Cl)c(Cl)c2)C1. The van der Waals surface area contributed by atoms with Gasteiger partial charge in [-0.2, -0.15) is 0 Å². The summed E-state index contributed by atoms with van der Waals surface area (Å²) in [6.45, 7) is 3.14. The first-order chi connectivity index (χ1) is 16.4. The average molecular weight is 503 g/mol. The molecule has 1 fully saturated rings. The fraction of sp³-hybridized carbons (Fsp3) is 0.333. The zero-order valence-electron chi connectivity index (χ0n) is 18.8. The number of carbonyl (C=O) groups is 2. The van der Waals surface area contributed by atoms with Crippen molar-refractivity contribution in [2.45, 2.75) is 25.8 Å². The van der Waals surface area contributed by atoms with Crippen molar-refractivity contribution in [3.8, 4) is 5.75 Å². The van der Waals surface area contributed by atoms with Gasteiger partial charge >= 0.3 is 5.97 Å². The lowest BCUT2D eigenvalue weighted by molar-refractivity contribution is 0.0512. The zero-order valence-corrected chi connectivity index (χ0v) is 20.3. The summed E-state index contributed by atoms with van der Waals surface area (Å²) < 4.78 is 11.8. The largest absolute Gasteiger partial charge is 0.497 e. The third-order valence-corrected chi connectivity index (χ3v) is 6.53. The Morgan fingerprint density at radius 1 is 1.12 bits per heavy atom. The van der Waals surface area contributed by atoms with Crippen LogP contribution in [0.5, 0.6) is 5.75 Å². The minimum Gasteiger partial charge on any atom is -0.497 e. The molecule has 3 aromatic rings. The molecule has 34 heavy (non-hydrogen) atoms. The zero-order chi connectivity index (χ0) is 24.2. The Hall–Kier alpha value is -3.10. The van der Waals surface area contributed by atoms with Gasteiger partial charge in [0.15, 0.2) is 5.69 Å². The van der Waals surface area contributed by atoms with Gasteiger partial charge in [-0.25, -0.2) is 9.48 Å². The predicted molar refractivity (Wildman–Crippen MR) is 128 cm³/mol. The molecule has 1 aliphatic heterocycles. The van der Waals surface area contributed by atoms with E-state index in [1.807, 2.05) is 36.4 Å². The third kappa shape index (κ3) is 5.03. The van der Waals surface area contributed by atoms with Crippen LogP contribution in [0.15, 0.2) is 42.5 Å². The van der Waals surface area contributed by atoms with E-state index < -0.39 is 5.97 Å². The molecule has 8 nitrogen and oxygen atoms in total. The van der Waals surface area contributed by atoms with E-state index in [1.165, 1.54) is 4.68 Å². The number of rotatable bonds is 7. The lowest BCUT2D eigenvalue weighted by Crippen LogP contribution is -2.32. The summed E-state index contributed by atoms with van der Waals surface area (Å²) in [4.78, 5) is 27.8. The first-order valence-electron chi connectivity index (χ1n) is 10.9. The standard InChI is InChI=1S/C24H24Cl2N4O4/c1-3-34-24(32)21-22(30(28-27-21)13-15-4-7-18(33-2)8-5-15)23(31)29-11-10-17(14-29)16-6-9-19(25)20(26)12-16/h4-9,12,17H,3,10-11,13-14H2,1-2H3. The number of benzene rings is 2. The van der Waals surface area contributed by atoms with Crippen molar-refractivity contribution < 1.29 is 19.1 Å². The quantitative estimate of drug-likeness (QED) is 0.443. The molecule has 1 aromatic heterocycles. The van der Waals surface area contributed by atoms with Crippen molar-refractivity contribution in [3.05, 3.63) is 75.0 Å². The summed E-state index contributed by atoms with van der Waals surface area (Å²) in [5, 5.41) is 9.06. The summed E-state index contributed by atoms with van der Waals surface area (Å²) in [5.74, 6) is -0.164. The fourth-order valence-corrected chi connectivity index (χ4v) is 4.32. The minimum absolute atomic E-state index is 0.0849. The number of nitrogens with zero attached hydrogens (tertiary/aromatic N) is 4. The van der Waals surface area contributed by atoms with Crippen molar-refractivity contribution in [2.75, 3.05) is 26.8 Å². The van der Waals surface area contributed by atoms with Gasteiger partial charge in [-0.1, -0.05) is 46.6 Å². The van der Waals surface area contributed by atoms with Crippen molar-refractivity contribution in [2.24, 2.45) is 0 Å². The molecular formula is C24H24Cl2N4O4. The van der Waals surface area contributed by atoms with E-state index in [4.69, 9.17) is 32.7 Å². The Balaban J connectivity index is 1.60. The lowest BCUT2D eigenvalue weighted by atomic mass is 9.99. The van der Waals surface area contributed by atoms with Gasteiger partial charge in [0.2, 0.25) is 5.69 Å². The van der Waals surface area contributed by atoms with Gasteiger partial charge in [0.1, 0.15) is 5.75 Å². The third-order valence-electron chi connectivity index (χ3n) is 5.79. The van der Waals surface area contributed by atoms with Gasteiger partial charge in [-0.15, -0.1) is 5.10 Å². The highest BCUT2D eigenvalue weighted by atomic mass is 35.5. The highest BCUT2D eigenvalue weighted by molar-refractivity contribution is 6.42. The number of methoxy groups -OCH3 is 1. The van der Waals surface area contributed by atoms with Crippen LogP contribution in [0.1, 0.15) is 51.4 Å². The molecule has 2 heterocycles. The number of hydrogen-bond donors (Lipinski definition) is 0. The molecule has 0 aliphatic carbocycles. The Morgan fingerprint density at radius 3 is 2.56 bits per heavy atom. The number of halogens is 2. The maximum absolute atomic E-state index is 13.6. The van der Waals surface area contributed by atoms with Gasteiger partial charge in [-0.05, 0) is 48.7 Å². The summed E-state index contributed by atoms with van der Waals surface area (Å²) in [6.07, 6.45) is 0.762. The van der Waals surface area contributed by atoms with Gasteiger partial charge in [0, 0.05) is 19.0 Å². The molecule has 0 radical (unpaired) electrons.